The standard InChI is InChI=1S/C14H20N2O2/c17-12-6-9-15(10-7-12)14(18)13-5-2-8-16(13)11-3-1-4-11/h2,5,8,11-12,17H,1,3-4,6-7,9-10H2. The average Bonchev–Trinajstić information content (AvgIpc) is 2.76. The quantitative estimate of drug-likeness (QED) is 0.867. The molecule has 2 aliphatic rings. The number of piperidine rings is 1. The fourth-order valence-electron chi connectivity index (χ4n) is 2.79. The van der Waals surface area contributed by atoms with E-state index < -0.39 is 0 Å². The molecule has 2 fully saturated rings. The van der Waals surface area contributed by atoms with Crippen LogP contribution < -0.4 is 0 Å². The van der Waals surface area contributed by atoms with Crippen molar-refractivity contribution in [2.75, 3.05) is 13.1 Å². The summed E-state index contributed by atoms with van der Waals surface area (Å²) in [5.74, 6) is 0.124. The highest BCUT2D eigenvalue weighted by atomic mass is 16.3. The molecule has 0 unspecified atom stereocenters. The molecule has 1 aromatic heterocycles. The molecular formula is C14H20N2O2. The van der Waals surface area contributed by atoms with Crippen molar-refractivity contribution >= 4 is 5.91 Å². The van der Waals surface area contributed by atoms with Crippen LogP contribution in [0.3, 0.4) is 0 Å². The van der Waals surface area contributed by atoms with Gasteiger partial charge in [0.05, 0.1) is 6.10 Å². The predicted octanol–water partition coefficient (Wildman–Crippen LogP) is 1.81. The Kier molecular flexibility index (Phi) is 3.12. The number of aliphatic hydroxyl groups is 1. The van der Waals surface area contributed by atoms with Gasteiger partial charge in [0.15, 0.2) is 0 Å². The Bertz CT molecular complexity index is 429. The maximum Gasteiger partial charge on any atom is 0.270 e. The number of likely N-dealkylation sites (tertiary alicyclic amines) is 1. The number of hydrogen-bond donors (Lipinski definition) is 1. The van der Waals surface area contributed by atoms with Crippen LogP contribution in [0.15, 0.2) is 18.3 Å². The van der Waals surface area contributed by atoms with E-state index in [9.17, 15) is 9.90 Å². The van der Waals surface area contributed by atoms with Gasteiger partial charge in [-0.05, 0) is 44.2 Å². The third-order valence-electron chi connectivity index (χ3n) is 4.22. The third-order valence-corrected chi connectivity index (χ3v) is 4.22. The summed E-state index contributed by atoms with van der Waals surface area (Å²) in [7, 11) is 0. The number of amides is 1. The van der Waals surface area contributed by atoms with Gasteiger partial charge in [-0.2, -0.15) is 0 Å². The lowest BCUT2D eigenvalue weighted by atomic mass is 9.93. The zero-order valence-corrected chi connectivity index (χ0v) is 10.6. The molecule has 1 N–H and O–H groups in total. The Hall–Kier alpha value is -1.29. The summed E-state index contributed by atoms with van der Waals surface area (Å²) in [6.07, 6.45) is 6.85. The van der Waals surface area contributed by atoms with Gasteiger partial charge in [-0.3, -0.25) is 4.79 Å². The van der Waals surface area contributed by atoms with Gasteiger partial charge < -0.3 is 14.6 Å². The van der Waals surface area contributed by atoms with Gasteiger partial charge in [-0.25, -0.2) is 0 Å². The zero-order valence-electron chi connectivity index (χ0n) is 10.6. The smallest absolute Gasteiger partial charge is 0.270 e. The van der Waals surface area contributed by atoms with Gasteiger partial charge in [0, 0.05) is 25.3 Å². The van der Waals surface area contributed by atoms with E-state index in [0.29, 0.717) is 32.0 Å². The van der Waals surface area contributed by atoms with Gasteiger partial charge in [0.25, 0.3) is 5.91 Å². The van der Waals surface area contributed by atoms with Crippen LogP contribution in [-0.4, -0.2) is 39.7 Å². The maximum atomic E-state index is 12.5. The lowest BCUT2D eigenvalue weighted by Gasteiger charge is -2.32. The molecule has 1 saturated heterocycles. The van der Waals surface area contributed by atoms with Crippen LogP contribution in [0.2, 0.25) is 0 Å². The number of hydrogen-bond acceptors (Lipinski definition) is 2. The topological polar surface area (TPSA) is 45.5 Å². The first kappa shape index (κ1) is 11.8. The Morgan fingerprint density at radius 2 is 1.94 bits per heavy atom. The van der Waals surface area contributed by atoms with Gasteiger partial charge in [-0.15, -0.1) is 0 Å². The SMILES string of the molecule is O=C(c1cccn1C1CCC1)N1CCC(O)CC1. The van der Waals surface area contributed by atoms with Crippen molar-refractivity contribution in [1.29, 1.82) is 0 Å². The van der Waals surface area contributed by atoms with Gasteiger partial charge in [0.1, 0.15) is 5.69 Å². The molecule has 1 aromatic rings. The molecule has 18 heavy (non-hydrogen) atoms. The lowest BCUT2D eigenvalue weighted by molar-refractivity contribution is 0.0533. The molecule has 1 saturated carbocycles. The number of nitrogens with zero attached hydrogens (tertiary/aromatic N) is 2. The van der Waals surface area contributed by atoms with Crippen molar-refractivity contribution < 1.29 is 9.90 Å². The van der Waals surface area contributed by atoms with Crippen LogP contribution in [0, 0.1) is 0 Å². The molecule has 2 heterocycles. The predicted molar refractivity (Wildman–Crippen MR) is 68.5 cm³/mol. The normalized spacial score (nSPS) is 21.9. The van der Waals surface area contributed by atoms with E-state index in [2.05, 4.69) is 4.57 Å². The first-order chi connectivity index (χ1) is 8.75. The second kappa shape index (κ2) is 4.76. The van der Waals surface area contributed by atoms with Crippen molar-refractivity contribution in [3.05, 3.63) is 24.0 Å². The Morgan fingerprint density at radius 1 is 1.22 bits per heavy atom. The largest absolute Gasteiger partial charge is 0.393 e. The molecule has 0 atom stereocenters. The Balaban J connectivity index is 1.73. The summed E-state index contributed by atoms with van der Waals surface area (Å²) in [5.41, 5.74) is 0.816. The molecule has 0 bridgehead atoms. The van der Waals surface area contributed by atoms with E-state index in [4.69, 9.17) is 0 Å². The molecule has 0 radical (unpaired) electrons. The number of aromatic nitrogens is 1. The van der Waals surface area contributed by atoms with Crippen molar-refractivity contribution in [2.45, 2.75) is 44.2 Å². The van der Waals surface area contributed by atoms with Gasteiger partial charge >= 0.3 is 0 Å². The minimum atomic E-state index is -0.229. The summed E-state index contributed by atoms with van der Waals surface area (Å²) in [6.45, 7) is 1.35. The van der Waals surface area contributed by atoms with Crippen LogP contribution in [0.1, 0.15) is 48.6 Å². The highest BCUT2D eigenvalue weighted by Crippen LogP contribution is 2.33. The lowest BCUT2D eigenvalue weighted by Crippen LogP contribution is -2.41. The van der Waals surface area contributed by atoms with Crippen molar-refractivity contribution in [3.8, 4) is 0 Å². The van der Waals surface area contributed by atoms with Crippen molar-refractivity contribution in [1.82, 2.24) is 9.47 Å². The first-order valence-electron chi connectivity index (χ1n) is 6.90. The van der Waals surface area contributed by atoms with Crippen molar-refractivity contribution in [2.24, 2.45) is 0 Å². The molecule has 3 rings (SSSR count). The van der Waals surface area contributed by atoms with E-state index in [1.807, 2.05) is 23.2 Å². The van der Waals surface area contributed by atoms with E-state index >= 15 is 0 Å². The average molecular weight is 248 g/mol. The van der Waals surface area contributed by atoms with Crippen molar-refractivity contribution in [3.63, 3.8) is 0 Å². The zero-order chi connectivity index (χ0) is 12.5. The monoisotopic (exact) mass is 248 g/mol. The molecule has 98 valence electrons. The van der Waals surface area contributed by atoms with Crippen LogP contribution >= 0.6 is 0 Å². The summed E-state index contributed by atoms with van der Waals surface area (Å²) < 4.78 is 2.14. The number of aliphatic hydroxyl groups excluding tert-OH is 1. The molecule has 0 spiro atoms. The van der Waals surface area contributed by atoms with Crippen LogP contribution in [0.25, 0.3) is 0 Å². The molecule has 4 heteroatoms. The van der Waals surface area contributed by atoms with Crippen LogP contribution in [-0.2, 0) is 0 Å². The number of rotatable bonds is 2. The number of carbonyl (C=O) groups excluding carboxylic acids is 1. The second-order valence-electron chi connectivity index (χ2n) is 5.41. The summed E-state index contributed by atoms with van der Waals surface area (Å²) in [5, 5.41) is 9.49. The first-order valence-corrected chi connectivity index (χ1v) is 6.90. The fourth-order valence-corrected chi connectivity index (χ4v) is 2.79. The Morgan fingerprint density at radius 3 is 2.56 bits per heavy atom. The molecule has 1 aliphatic heterocycles. The molecular weight excluding hydrogens is 228 g/mol. The highest BCUT2D eigenvalue weighted by molar-refractivity contribution is 5.92. The van der Waals surface area contributed by atoms with E-state index in [1.165, 1.54) is 19.3 Å². The molecule has 4 nitrogen and oxygen atoms in total. The molecule has 0 aromatic carbocycles. The highest BCUT2D eigenvalue weighted by Gasteiger charge is 2.27. The minimum Gasteiger partial charge on any atom is -0.393 e. The molecule has 1 aliphatic carbocycles. The summed E-state index contributed by atoms with van der Waals surface area (Å²) in [4.78, 5) is 14.3. The van der Waals surface area contributed by atoms with E-state index in [0.717, 1.165) is 5.69 Å². The number of carbonyl (C=O) groups is 1. The summed E-state index contributed by atoms with van der Waals surface area (Å²) >= 11 is 0. The van der Waals surface area contributed by atoms with Crippen LogP contribution in [0.4, 0.5) is 0 Å². The summed E-state index contributed by atoms with van der Waals surface area (Å²) in [6, 6.07) is 4.41. The van der Waals surface area contributed by atoms with Gasteiger partial charge in [-0.1, -0.05) is 0 Å². The van der Waals surface area contributed by atoms with E-state index in [1.54, 1.807) is 0 Å². The second-order valence-corrected chi connectivity index (χ2v) is 5.41. The van der Waals surface area contributed by atoms with E-state index in [-0.39, 0.29) is 12.0 Å². The molecule has 1 amide bonds. The third kappa shape index (κ3) is 2.05. The van der Waals surface area contributed by atoms with Crippen LogP contribution in [0.5, 0.6) is 0 Å². The minimum absolute atomic E-state index is 0.124. The Labute approximate surface area is 107 Å². The fraction of sp³-hybridized carbons (Fsp3) is 0.643. The maximum absolute atomic E-state index is 12.5. The van der Waals surface area contributed by atoms with Gasteiger partial charge in [0.2, 0.25) is 0 Å².